The summed E-state index contributed by atoms with van der Waals surface area (Å²) in [6, 6.07) is 3.33. The van der Waals surface area contributed by atoms with Crippen LogP contribution in [-0.4, -0.2) is 38.4 Å². The molecule has 2 aromatic rings. The number of fused-ring (bicyclic) bond motifs is 1. The fourth-order valence-electron chi connectivity index (χ4n) is 2.65. The van der Waals surface area contributed by atoms with Gasteiger partial charge in [0.2, 0.25) is 0 Å². The lowest BCUT2D eigenvalue weighted by molar-refractivity contribution is 0.0698. The molecule has 0 aromatic carbocycles. The lowest BCUT2D eigenvalue weighted by Crippen LogP contribution is -2.29. The topological polar surface area (TPSA) is 57.8 Å². The molecule has 1 aliphatic rings. The minimum atomic E-state index is -0.930. The van der Waals surface area contributed by atoms with E-state index in [2.05, 4.69) is 9.88 Å². The van der Waals surface area contributed by atoms with Crippen LogP contribution in [-0.2, 0) is 6.54 Å². The maximum atomic E-state index is 11.2. The molecule has 5 nitrogen and oxygen atoms in total. The number of piperidine rings is 1. The number of likely N-dealkylation sites (tertiary alicyclic amines) is 1. The maximum Gasteiger partial charge on any atom is 0.339 e. The molecule has 19 heavy (non-hydrogen) atoms. The number of carboxylic acids is 1. The Hall–Kier alpha value is -1.88. The van der Waals surface area contributed by atoms with Gasteiger partial charge in [-0.15, -0.1) is 0 Å². The molecule has 0 spiro atoms. The Morgan fingerprint density at radius 2 is 2.11 bits per heavy atom. The normalized spacial score (nSPS) is 16.8. The quantitative estimate of drug-likeness (QED) is 0.916. The van der Waals surface area contributed by atoms with Crippen molar-refractivity contribution in [1.82, 2.24) is 14.3 Å². The van der Waals surface area contributed by atoms with E-state index in [0.29, 0.717) is 5.65 Å². The highest BCUT2D eigenvalue weighted by atomic mass is 16.4. The standard InChI is InChI=1S/C14H17N3O2/c18-14(19)12-5-4-8-17-10-11(15-13(12)17)9-16-6-2-1-3-7-16/h4-5,8,10H,1-3,6-7,9H2,(H,18,19). The van der Waals surface area contributed by atoms with Crippen LogP contribution < -0.4 is 0 Å². The van der Waals surface area contributed by atoms with Gasteiger partial charge in [0, 0.05) is 18.9 Å². The first-order valence-corrected chi connectivity index (χ1v) is 6.66. The van der Waals surface area contributed by atoms with Crippen molar-refractivity contribution in [3.63, 3.8) is 0 Å². The Morgan fingerprint density at radius 1 is 1.32 bits per heavy atom. The first-order valence-electron chi connectivity index (χ1n) is 6.66. The molecule has 0 atom stereocenters. The first kappa shape index (κ1) is 12.2. The molecule has 3 heterocycles. The Bertz CT molecular complexity index is 600. The SMILES string of the molecule is O=C(O)c1cccn2cc(CN3CCCCC3)nc12. The zero-order chi connectivity index (χ0) is 13.2. The zero-order valence-corrected chi connectivity index (χ0v) is 10.7. The molecule has 1 fully saturated rings. The molecule has 0 unspecified atom stereocenters. The largest absolute Gasteiger partial charge is 0.478 e. The highest BCUT2D eigenvalue weighted by molar-refractivity contribution is 5.94. The number of hydrogen-bond acceptors (Lipinski definition) is 3. The molecule has 100 valence electrons. The van der Waals surface area contributed by atoms with E-state index in [4.69, 9.17) is 5.11 Å². The van der Waals surface area contributed by atoms with Crippen molar-refractivity contribution in [3.05, 3.63) is 35.8 Å². The zero-order valence-electron chi connectivity index (χ0n) is 10.7. The summed E-state index contributed by atoms with van der Waals surface area (Å²) in [4.78, 5) is 18.0. The van der Waals surface area contributed by atoms with Gasteiger partial charge >= 0.3 is 5.97 Å². The third-order valence-corrected chi connectivity index (χ3v) is 3.60. The predicted octanol–water partition coefficient (Wildman–Crippen LogP) is 2.02. The van der Waals surface area contributed by atoms with Crippen LogP contribution in [0.5, 0.6) is 0 Å². The predicted molar refractivity (Wildman–Crippen MR) is 71.3 cm³/mol. The molecule has 1 aliphatic heterocycles. The molecule has 0 aliphatic carbocycles. The number of imidazole rings is 1. The number of nitrogens with zero attached hydrogens (tertiary/aromatic N) is 3. The number of aromatic carboxylic acids is 1. The van der Waals surface area contributed by atoms with Crippen LogP contribution in [0.25, 0.3) is 5.65 Å². The molecule has 0 radical (unpaired) electrons. The van der Waals surface area contributed by atoms with Gasteiger partial charge in [0.05, 0.1) is 5.69 Å². The van der Waals surface area contributed by atoms with E-state index >= 15 is 0 Å². The second-order valence-electron chi connectivity index (χ2n) is 5.03. The average Bonchev–Trinajstić information content (AvgIpc) is 2.81. The second-order valence-corrected chi connectivity index (χ2v) is 5.03. The van der Waals surface area contributed by atoms with Gasteiger partial charge in [-0.25, -0.2) is 9.78 Å². The summed E-state index contributed by atoms with van der Waals surface area (Å²) in [5.41, 5.74) is 1.73. The van der Waals surface area contributed by atoms with Crippen molar-refractivity contribution in [2.75, 3.05) is 13.1 Å². The Kier molecular flexibility index (Phi) is 3.21. The number of rotatable bonds is 3. The van der Waals surface area contributed by atoms with E-state index in [1.807, 2.05) is 12.4 Å². The summed E-state index contributed by atoms with van der Waals surface area (Å²) < 4.78 is 1.79. The molecular formula is C14H17N3O2. The number of pyridine rings is 1. The first-order chi connectivity index (χ1) is 9.24. The van der Waals surface area contributed by atoms with Gasteiger partial charge in [-0.3, -0.25) is 4.90 Å². The van der Waals surface area contributed by atoms with Crippen molar-refractivity contribution < 1.29 is 9.90 Å². The van der Waals surface area contributed by atoms with E-state index in [0.717, 1.165) is 25.3 Å². The fraction of sp³-hybridized carbons (Fsp3) is 0.429. The van der Waals surface area contributed by atoms with Gasteiger partial charge in [-0.1, -0.05) is 6.42 Å². The van der Waals surface area contributed by atoms with E-state index in [-0.39, 0.29) is 5.56 Å². The van der Waals surface area contributed by atoms with Gasteiger partial charge in [0.25, 0.3) is 0 Å². The van der Waals surface area contributed by atoms with Gasteiger partial charge < -0.3 is 9.51 Å². The monoisotopic (exact) mass is 259 g/mol. The minimum Gasteiger partial charge on any atom is -0.478 e. The summed E-state index contributed by atoms with van der Waals surface area (Å²) in [5.74, 6) is -0.930. The summed E-state index contributed by atoms with van der Waals surface area (Å²) in [5, 5.41) is 9.15. The number of aromatic nitrogens is 2. The fourth-order valence-corrected chi connectivity index (χ4v) is 2.65. The summed E-state index contributed by atoms with van der Waals surface area (Å²) in [6.07, 6.45) is 7.57. The smallest absolute Gasteiger partial charge is 0.339 e. The lowest BCUT2D eigenvalue weighted by Gasteiger charge is -2.25. The van der Waals surface area contributed by atoms with Crippen LogP contribution in [0.4, 0.5) is 0 Å². The van der Waals surface area contributed by atoms with E-state index in [9.17, 15) is 4.79 Å². The average molecular weight is 259 g/mol. The molecule has 5 heteroatoms. The van der Waals surface area contributed by atoms with Crippen molar-refractivity contribution in [2.24, 2.45) is 0 Å². The van der Waals surface area contributed by atoms with Crippen LogP contribution >= 0.6 is 0 Å². The van der Waals surface area contributed by atoms with Crippen LogP contribution in [0, 0.1) is 0 Å². The highest BCUT2D eigenvalue weighted by Gasteiger charge is 2.15. The number of carboxylic acid groups (broad SMARTS) is 1. The van der Waals surface area contributed by atoms with Crippen LogP contribution in [0.1, 0.15) is 35.3 Å². The summed E-state index contributed by atoms with van der Waals surface area (Å²) in [6.45, 7) is 3.03. The lowest BCUT2D eigenvalue weighted by atomic mass is 10.1. The third-order valence-electron chi connectivity index (χ3n) is 3.60. The van der Waals surface area contributed by atoms with Crippen molar-refractivity contribution in [2.45, 2.75) is 25.8 Å². The highest BCUT2D eigenvalue weighted by Crippen LogP contribution is 2.15. The Balaban J connectivity index is 1.88. The Morgan fingerprint density at radius 3 is 2.84 bits per heavy atom. The summed E-state index contributed by atoms with van der Waals surface area (Å²) >= 11 is 0. The van der Waals surface area contributed by atoms with Crippen LogP contribution in [0.15, 0.2) is 24.5 Å². The molecular weight excluding hydrogens is 242 g/mol. The molecule has 3 rings (SSSR count). The third kappa shape index (κ3) is 2.46. The van der Waals surface area contributed by atoms with Crippen LogP contribution in [0.2, 0.25) is 0 Å². The Labute approximate surface area is 111 Å². The number of carbonyl (C=O) groups is 1. The van der Waals surface area contributed by atoms with Crippen LogP contribution in [0.3, 0.4) is 0 Å². The molecule has 0 saturated carbocycles. The molecule has 1 saturated heterocycles. The van der Waals surface area contributed by atoms with E-state index in [1.54, 1.807) is 16.5 Å². The molecule has 0 amide bonds. The van der Waals surface area contributed by atoms with Crippen molar-refractivity contribution in [3.8, 4) is 0 Å². The van der Waals surface area contributed by atoms with Gasteiger partial charge in [0.1, 0.15) is 5.56 Å². The summed E-state index contributed by atoms with van der Waals surface area (Å²) in [7, 11) is 0. The van der Waals surface area contributed by atoms with Crippen molar-refractivity contribution >= 4 is 11.6 Å². The molecule has 0 bridgehead atoms. The van der Waals surface area contributed by atoms with Gasteiger partial charge in [-0.05, 0) is 38.1 Å². The van der Waals surface area contributed by atoms with Gasteiger partial charge in [0.15, 0.2) is 5.65 Å². The molecule has 2 aromatic heterocycles. The minimum absolute atomic E-state index is 0.257. The number of hydrogen-bond donors (Lipinski definition) is 1. The van der Waals surface area contributed by atoms with Crippen molar-refractivity contribution in [1.29, 1.82) is 0 Å². The van der Waals surface area contributed by atoms with E-state index in [1.165, 1.54) is 19.3 Å². The maximum absolute atomic E-state index is 11.2. The van der Waals surface area contributed by atoms with Gasteiger partial charge in [-0.2, -0.15) is 0 Å². The molecule has 1 N–H and O–H groups in total. The van der Waals surface area contributed by atoms with E-state index < -0.39 is 5.97 Å². The second kappa shape index (κ2) is 5.01.